The van der Waals surface area contributed by atoms with E-state index in [9.17, 15) is 9.59 Å². The predicted octanol–water partition coefficient (Wildman–Crippen LogP) is 6.35. The summed E-state index contributed by atoms with van der Waals surface area (Å²) in [7, 11) is 1.85. The van der Waals surface area contributed by atoms with Crippen molar-refractivity contribution in [2.75, 3.05) is 18.4 Å². The summed E-state index contributed by atoms with van der Waals surface area (Å²) >= 11 is 0. The van der Waals surface area contributed by atoms with Crippen LogP contribution >= 0.6 is 0 Å². The first kappa shape index (κ1) is 27.3. The van der Waals surface area contributed by atoms with Crippen LogP contribution in [0.4, 0.5) is 10.2 Å². The molecule has 208 valence electrons. The molecule has 2 aromatic heterocycles. The molecule has 8 heteroatoms. The number of nitrogens with one attached hydrogen (secondary N) is 1. The summed E-state index contributed by atoms with van der Waals surface area (Å²) in [4.78, 5) is 32.5. The van der Waals surface area contributed by atoms with E-state index in [0.29, 0.717) is 17.8 Å². The normalized spacial score (nSPS) is 20.0. The number of likely N-dealkylation sites (tertiary alicyclic amines) is 1. The van der Waals surface area contributed by atoms with E-state index in [-0.39, 0.29) is 35.4 Å². The molecule has 1 saturated heterocycles. The van der Waals surface area contributed by atoms with Crippen LogP contribution in [0.2, 0.25) is 0 Å². The van der Waals surface area contributed by atoms with E-state index < -0.39 is 0 Å². The van der Waals surface area contributed by atoms with Crippen LogP contribution in [0.3, 0.4) is 0 Å². The molecule has 2 atom stereocenters. The Morgan fingerprint density at radius 3 is 2.62 bits per heavy atom. The SMILES string of the molecule is Cc1cnc(NC(=O)[C@H]2CCC[C@@H](CC(=O)N3CCCCC3)C2)cc1-c1cc(F)c2nn(C)c(C(C)C)c2c1. The first-order valence-electron chi connectivity index (χ1n) is 14.4. The highest BCUT2D eigenvalue weighted by Crippen LogP contribution is 2.35. The summed E-state index contributed by atoms with van der Waals surface area (Å²) in [5.74, 6) is 0.587. The lowest BCUT2D eigenvalue weighted by atomic mass is 9.79. The topological polar surface area (TPSA) is 80.1 Å². The number of halogens is 1. The molecule has 1 N–H and O–H groups in total. The van der Waals surface area contributed by atoms with Crippen molar-refractivity contribution < 1.29 is 14.0 Å². The van der Waals surface area contributed by atoms with Crippen LogP contribution in [0.5, 0.6) is 0 Å². The van der Waals surface area contributed by atoms with Gasteiger partial charge in [-0.25, -0.2) is 9.37 Å². The van der Waals surface area contributed by atoms with Gasteiger partial charge in [-0.15, -0.1) is 0 Å². The van der Waals surface area contributed by atoms with Gasteiger partial charge in [0.25, 0.3) is 0 Å². The van der Waals surface area contributed by atoms with Crippen LogP contribution in [0.15, 0.2) is 24.4 Å². The number of anilines is 1. The Balaban J connectivity index is 1.31. The van der Waals surface area contributed by atoms with Gasteiger partial charge in [0, 0.05) is 49.8 Å². The molecule has 1 aliphatic carbocycles. The Labute approximate surface area is 230 Å². The fraction of sp³-hybridized carbons (Fsp3) is 0.548. The molecule has 5 rings (SSSR count). The minimum atomic E-state index is -0.362. The van der Waals surface area contributed by atoms with Crippen molar-refractivity contribution in [3.05, 3.63) is 41.5 Å². The minimum Gasteiger partial charge on any atom is -0.343 e. The van der Waals surface area contributed by atoms with Gasteiger partial charge in [-0.2, -0.15) is 5.10 Å². The second-order valence-electron chi connectivity index (χ2n) is 11.8. The van der Waals surface area contributed by atoms with Crippen molar-refractivity contribution in [1.82, 2.24) is 19.7 Å². The smallest absolute Gasteiger partial charge is 0.228 e. The molecule has 1 aromatic carbocycles. The summed E-state index contributed by atoms with van der Waals surface area (Å²) in [6.45, 7) is 7.83. The predicted molar refractivity (Wildman–Crippen MR) is 152 cm³/mol. The Morgan fingerprint density at radius 2 is 1.87 bits per heavy atom. The number of hydrogen-bond acceptors (Lipinski definition) is 4. The molecule has 7 nitrogen and oxygen atoms in total. The van der Waals surface area contributed by atoms with Gasteiger partial charge in [-0.05, 0) is 92.2 Å². The van der Waals surface area contributed by atoms with E-state index in [4.69, 9.17) is 0 Å². The molecule has 2 fully saturated rings. The van der Waals surface area contributed by atoms with Crippen molar-refractivity contribution in [2.24, 2.45) is 18.9 Å². The summed E-state index contributed by atoms with van der Waals surface area (Å²) in [6, 6.07) is 5.33. The number of carbonyl (C=O) groups excluding carboxylic acids is 2. The molecule has 1 aliphatic heterocycles. The monoisotopic (exact) mass is 533 g/mol. The van der Waals surface area contributed by atoms with Gasteiger partial charge in [0.2, 0.25) is 11.8 Å². The fourth-order valence-corrected chi connectivity index (χ4v) is 6.48. The van der Waals surface area contributed by atoms with Crippen molar-refractivity contribution in [3.63, 3.8) is 0 Å². The Bertz CT molecular complexity index is 1380. The van der Waals surface area contributed by atoms with Crippen LogP contribution in [0.1, 0.15) is 82.4 Å². The number of aryl methyl sites for hydroxylation is 2. The number of amides is 2. The average molecular weight is 534 g/mol. The first-order valence-corrected chi connectivity index (χ1v) is 14.4. The van der Waals surface area contributed by atoms with Crippen molar-refractivity contribution in [1.29, 1.82) is 0 Å². The second-order valence-corrected chi connectivity index (χ2v) is 11.8. The van der Waals surface area contributed by atoms with E-state index in [0.717, 1.165) is 79.4 Å². The summed E-state index contributed by atoms with van der Waals surface area (Å²) in [5, 5.41) is 8.22. The Kier molecular flexibility index (Phi) is 8.01. The van der Waals surface area contributed by atoms with E-state index in [2.05, 4.69) is 29.2 Å². The summed E-state index contributed by atoms with van der Waals surface area (Å²) < 4.78 is 16.9. The molecular weight excluding hydrogens is 493 g/mol. The zero-order valence-electron chi connectivity index (χ0n) is 23.6. The second kappa shape index (κ2) is 11.4. The lowest BCUT2D eigenvalue weighted by molar-refractivity contribution is -0.134. The quantitative estimate of drug-likeness (QED) is 0.400. The van der Waals surface area contributed by atoms with Crippen molar-refractivity contribution in [2.45, 2.75) is 78.1 Å². The van der Waals surface area contributed by atoms with E-state index >= 15 is 4.39 Å². The fourth-order valence-electron chi connectivity index (χ4n) is 6.48. The van der Waals surface area contributed by atoms with Crippen molar-refractivity contribution in [3.8, 4) is 11.1 Å². The average Bonchev–Trinajstić information content (AvgIpc) is 3.27. The number of benzene rings is 1. The van der Waals surface area contributed by atoms with Crippen molar-refractivity contribution >= 4 is 28.5 Å². The number of pyridine rings is 1. The van der Waals surface area contributed by atoms with Crippen LogP contribution in [-0.4, -0.2) is 44.6 Å². The maximum Gasteiger partial charge on any atom is 0.228 e. The largest absolute Gasteiger partial charge is 0.343 e. The molecule has 0 unspecified atom stereocenters. The van der Waals surface area contributed by atoms with Crippen LogP contribution < -0.4 is 5.32 Å². The third kappa shape index (κ3) is 5.85. The number of nitrogens with zero attached hydrogens (tertiary/aromatic N) is 4. The van der Waals surface area contributed by atoms with E-state index in [1.54, 1.807) is 10.9 Å². The number of fused-ring (bicyclic) bond motifs is 1. The number of piperidine rings is 1. The molecule has 0 radical (unpaired) electrons. The highest BCUT2D eigenvalue weighted by molar-refractivity contribution is 5.93. The maximum absolute atomic E-state index is 15.1. The molecule has 2 amide bonds. The highest BCUT2D eigenvalue weighted by atomic mass is 19.1. The summed E-state index contributed by atoms with van der Waals surface area (Å²) in [5.41, 5.74) is 3.82. The number of rotatable bonds is 6. The van der Waals surface area contributed by atoms with E-state index in [1.165, 1.54) is 12.5 Å². The molecule has 3 aromatic rings. The zero-order chi connectivity index (χ0) is 27.7. The van der Waals surface area contributed by atoms with Gasteiger partial charge >= 0.3 is 0 Å². The Morgan fingerprint density at radius 1 is 1.10 bits per heavy atom. The number of carbonyl (C=O) groups is 2. The molecule has 0 bridgehead atoms. The van der Waals surface area contributed by atoms with Crippen LogP contribution in [0, 0.1) is 24.6 Å². The molecular formula is C31H40FN5O2. The minimum absolute atomic E-state index is 0.0524. The van der Waals surface area contributed by atoms with Gasteiger partial charge < -0.3 is 10.2 Å². The zero-order valence-corrected chi connectivity index (χ0v) is 23.6. The standard InChI is InChI=1S/C31H40FN5O2/c1-19(2)30-25-15-23(16-26(32)29(25)35-36(30)4)24-17-27(33-18-20(24)3)34-31(39)22-10-8-9-21(13-22)14-28(38)37-11-6-5-7-12-37/h15-19,21-22H,5-14H2,1-4H3,(H,33,34,39)/t21-,22+/m1/s1. The van der Waals surface area contributed by atoms with Gasteiger partial charge in [0.05, 0.1) is 0 Å². The molecule has 1 saturated carbocycles. The number of aromatic nitrogens is 3. The van der Waals surface area contributed by atoms with E-state index in [1.807, 2.05) is 31.0 Å². The van der Waals surface area contributed by atoms with Gasteiger partial charge in [0.15, 0.2) is 5.82 Å². The molecule has 3 heterocycles. The van der Waals surface area contributed by atoms with Gasteiger partial charge in [-0.3, -0.25) is 14.3 Å². The lowest BCUT2D eigenvalue weighted by Crippen LogP contribution is -2.37. The third-order valence-electron chi connectivity index (χ3n) is 8.48. The lowest BCUT2D eigenvalue weighted by Gasteiger charge is -2.31. The maximum atomic E-state index is 15.1. The first-order chi connectivity index (χ1) is 18.7. The van der Waals surface area contributed by atoms with Gasteiger partial charge in [-0.1, -0.05) is 20.3 Å². The van der Waals surface area contributed by atoms with Crippen LogP contribution in [0.25, 0.3) is 22.0 Å². The molecule has 0 spiro atoms. The van der Waals surface area contributed by atoms with Crippen LogP contribution in [-0.2, 0) is 16.6 Å². The Hall–Kier alpha value is -3.29. The summed E-state index contributed by atoms with van der Waals surface area (Å²) in [6.07, 6.45) is 9.14. The third-order valence-corrected chi connectivity index (χ3v) is 8.48. The number of hydrogen-bond donors (Lipinski definition) is 1. The molecule has 2 aliphatic rings. The highest BCUT2D eigenvalue weighted by Gasteiger charge is 2.30. The van der Waals surface area contributed by atoms with Gasteiger partial charge in [0.1, 0.15) is 11.3 Å². The molecule has 39 heavy (non-hydrogen) atoms.